The Kier molecular flexibility index (Phi) is 4.72. The van der Waals surface area contributed by atoms with E-state index in [2.05, 4.69) is 15.7 Å². The third-order valence-corrected chi connectivity index (χ3v) is 3.80. The Morgan fingerprint density at radius 2 is 2.20 bits per heavy atom. The summed E-state index contributed by atoms with van der Waals surface area (Å²) < 4.78 is 0.721. The fourth-order valence-corrected chi connectivity index (χ4v) is 2.69. The molecule has 0 aromatic carbocycles. The van der Waals surface area contributed by atoms with E-state index in [0.717, 1.165) is 9.21 Å². The molecule has 0 aliphatic rings. The lowest BCUT2D eigenvalue weighted by molar-refractivity contribution is -0.384. The van der Waals surface area contributed by atoms with Crippen LogP contribution in [0.1, 0.15) is 4.88 Å². The second kappa shape index (κ2) is 6.51. The number of hydrogen-bond acceptors (Lipinski definition) is 7. The lowest BCUT2D eigenvalue weighted by Crippen LogP contribution is -2.12. The molecule has 2 heterocycles. The van der Waals surface area contributed by atoms with Gasteiger partial charge < -0.3 is 10.7 Å². The first kappa shape index (κ1) is 14.5. The van der Waals surface area contributed by atoms with Crippen molar-refractivity contribution in [2.75, 3.05) is 17.3 Å². The predicted molar refractivity (Wildman–Crippen MR) is 80.2 cm³/mol. The van der Waals surface area contributed by atoms with E-state index in [1.54, 1.807) is 0 Å². The third-order valence-electron chi connectivity index (χ3n) is 2.51. The van der Waals surface area contributed by atoms with Gasteiger partial charge in [-0.1, -0.05) is 11.6 Å². The molecule has 2 aromatic heterocycles. The van der Waals surface area contributed by atoms with Crippen molar-refractivity contribution in [2.45, 2.75) is 6.42 Å². The highest BCUT2D eigenvalue weighted by Gasteiger charge is 2.15. The number of nitro groups is 1. The molecule has 20 heavy (non-hydrogen) atoms. The van der Waals surface area contributed by atoms with Gasteiger partial charge in [0.05, 0.1) is 9.26 Å². The molecular weight excluding hydrogens is 302 g/mol. The molecule has 7 nitrogen and oxygen atoms in total. The van der Waals surface area contributed by atoms with E-state index in [9.17, 15) is 10.1 Å². The zero-order chi connectivity index (χ0) is 14.5. The van der Waals surface area contributed by atoms with Crippen LogP contribution in [0.25, 0.3) is 0 Å². The van der Waals surface area contributed by atoms with Gasteiger partial charge in [0.2, 0.25) is 5.82 Å². The predicted octanol–water partition coefficient (Wildman–Crippen LogP) is 2.64. The Morgan fingerprint density at radius 1 is 1.40 bits per heavy atom. The van der Waals surface area contributed by atoms with Crippen LogP contribution < -0.4 is 16.6 Å². The Balaban J connectivity index is 2.05. The number of aromatic nitrogens is 1. The summed E-state index contributed by atoms with van der Waals surface area (Å²) in [5, 5.41) is 13.9. The quantitative estimate of drug-likeness (QED) is 0.430. The number of hydrogen-bond donors (Lipinski definition) is 3. The number of nitrogens with one attached hydrogen (secondary N) is 2. The maximum atomic E-state index is 10.9. The normalized spacial score (nSPS) is 10.3. The standard InChI is InChI=1S/C11H12ClN5O2S/c12-9-3-1-7(20-9)5-6-14-11-8(17(18)19)2-4-10(15-11)16-13/h1-4H,5-6,13H2,(H2,14,15,16). The number of pyridine rings is 1. The van der Waals surface area contributed by atoms with E-state index in [4.69, 9.17) is 17.4 Å². The second-order valence-corrected chi connectivity index (χ2v) is 5.65. The second-order valence-electron chi connectivity index (χ2n) is 3.85. The Hall–Kier alpha value is -1.90. The zero-order valence-corrected chi connectivity index (χ0v) is 11.9. The number of halogens is 1. The first-order valence-corrected chi connectivity index (χ1v) is 6.89. The van der Waals surface area contributed by atoms with Crippen LogP contribution >= 0.6 is 22.9 Å². The largest absolute Gasteiger partial charge is 0.364 e. The van der Waals surface area contributed by atoms with Crippen molar-refractivity contribution in [3.63, 3.8) is 0 Å². The molecule has 9 heteroatoms. The van der Waals surface area contributed by atoms with E-state index < -0.39 is 4.92 Å². The van der Waals surface area contributed by atoms with E-state index >= 15 is 0 Å². The molecule has 2 rings (SSSR count). The molecule has 0 bridgehead atoms. The van der Waals surface area contributed by atoms with Gasteiger partial charge in [-0.15, -0.1) is 11.3 Å². The smallest absolute Gasteiger partial charge is 0.311 e. The van der Waals surface area contributed by atoms with Crippen molar-refractivity contribution in [2.24, 2.45) is 5.84 Å². The van der Waals surface area contributed by atoms with Gasteiger partial charge in [-0.2, -0.15) is 0 Å². The number of anilines is 2. The Morgan fingerprint density at radius 3 is 2.80 bits per heavy atom. The summed E-state index contributed by atoms with van der Waals surface area (Å²) in [7, 11) is 0. The van der Waals surface area contributed by atoms with E-state index in [-0.39, 0.29) is 11.5 Å². The van der Waals surface area contributed by atoms with Crippen LogP contribution in [0.5, 0.6) is 0 Å². The van der Waals surface area contributed by atoms with Gasteiger partial charge in [-0.3, -0.25) is 10.1 Å². The monoisotopic (exact) mass is 313 g/mol. The van der Waals surface area contributed by atoms with Crippen LogP contribution in [0.2, 0.25) is 4.34 Å². The van der Waals surface area contributed by atoms with Crippen molar-refractivity contribution in [3.05, 3.63) is 43.6 Å². The molecule has 2 aromatic rings. The lowest BCUT2D eigenvalue weighted by atomic mass is 10.3. The number of nitrogens with two attached hydrogens (primary N) is 1. The van der Waals surface area contributed by atoms with Gasteiger partial charge >= 0.3 is 5.69 Å². The van der Waals surface area contributed by atoms with Crippen LogP contribution in [0.3, 0.4) is 0 Å². The number of nitrogen functional groups attached to an aromatic ring is 1. The summed E-state index contributed by atoms with van der Waals surface area (Å²) in [4.78, 5) is 15.6. The number of thiophene rings is 1. The van der Waals surface area contributed by atoms with Crippen LogP contribution in [0, 0.1) is 10.1 Å². The van der Waals surface area contributed by atoms with E-state index in [1.807, 2.05) is 12.1 Å². The summed E-state index contributed by atoms with van der Waals surface area (Å²) >= 11 is 7.32. The lowest BCUT2D eigenvalue weighted by Gasteiger charge is -2.07. The topological polar surface area (TPSA) is 106 Å². The molecule has 0 amide bonds. The molecule has 0 saturated heterocycles. The minimum atomic E-state index is -0.488. The molecular formula is C11H12ClN5O2S. The fourth-order valence-electron chi connectivity index (χ4n) is 1.60. The molecule has 106 valence electrons. The molecule has 0 radical (unpaired) electrons. The molecule has 0 spiro atoms. The Bertz CT molecular complexity index is 619. The molecule has 0 atom stereocenters. The molecule has 0 aliphatic carbocycles. The van der Waals surface area contributed by atoms with Gasteiger partial charge in [0.25, 0.3) is 0 Å². The maximum Gasteiger partial charge on any atom is 0.311 e. The van der Waals surface area contributed by atoms with Gasteiger partial charge in [-0.25, -0.2) is 10.8 Å². The SMILES string of the molecule is NNc1ccc([N+](=O)[O-])c(NCCc2ccc(Cl)s2)n1. The zero-order valence-electron chi connectivity index (χ0n) is 10.3. The molecule has 0 saturated carbocycles. The number of nitrogens with zero attached hydrogens (tertiary/aromatic N) is 2. The summed E-state index contributed by atoms with van der Waals surface area (Å²) in [6.45, 7) is 0.513. The van der Waals surface area contributed by atoms with Crippen molar-refractivity contribution in [1.29, 1.82) is 0 Å². The summed E-state index contributed by atoms with van der Waals surface area (Å²) in [5.41, 5.74) is 2.27. The van der Waals surface area contributed by atoms with Gasteiger partial charge in [0.15, 0.2) is 0 Å². The highest BCUT2D eigenvalue weighted by Crippen LogP contribution is 2.25. The van der Waals surface area contributed by atoms with Crippen LogP contribution in [0.15, 0.2) is 24.3 Å². The van der Waals surface area contributed by atoms with E-state index in [1.165, 1.54) is 23.5 Å². The molecule has 0 unspecified atom stereocenters. The molecule has 0 aliphatic heterocycles. The van der Waals surface area contributed by atoms with E-state index in [0.29, 0.717) is 18.8 Å². The first-order valence-electron chi connectivity index (χ1n) is 5.70. The summed E-state index contributed by atoms with van der Waals surface area (Å²) in [5.74, 6) is 5.79. The first-order chi connectivity index (χ1) is 9.60. The summed E-state index contributed by atoms with van der Waals surface area (Å²) in [6.07, 6.45) is 0.705. The van der Waals surface area contributed by atoms with Crippen molar-refractivity contribution >= 4 is 40.3 Å². The van der Waals surface area contributed by atoms with Gasteiger partial charge in [-0.05, 0) is 24.6 Å². The van der Waals surface area contributed by atoms with Crippen LogP contribution in [0.4, 0.5) is 17.3 Å². The number of rotatable bonds is 6. The Labute approximate surface area is 123 Å². The maximum absolute atomic E-state index is 10.9. The molecule has 4 N–H and O–H groups in total. The minimum absolute atomic E-state index is 0.0896. The minimum Gasteiger partial charge on any atom is -0.364 e. The van der Waals surface area contributed by atoms with Crippen LogP contribution in [-0.2, 0) is 6.42 Å². The van der Waals surface area contributed by atoms with Crippen LogP contribution in [-0.4, -0.2) is 16.5 Å². The average Bonchev–Trinajstić information content (AvgIpc) is 2.84. The fraction of sp³-hybridized carbons (Fsp3) is 0.182. The third kappa shape index (κ3) is 3.56. The highest BCUT2D eigenvalue weighted by atomic mass is 35.5. The molecule has 0 fully saturated rings. The van der Waals surface area contributed by atoms with Crippen molar-refractivity contribution in [3.8, 4) is 0 Å². The van der Waals surface area contributed by atoms with Gasteiger partial charge in [0, 0.05) is 17.5 Å². The van der Waals surface area contributed by atoms with Crippen molar-refractivity contribution in [1.82, 2.24) is 4.98 Å². The van der Waals surface area contributed by atoms with Crippen molar-refractivity contribution < 1.29 is 4.92 Å². The summed E-state index contributed by atoms with van der Waals surface area (Å²) in [6, 6.07) is 6.55. The van der Waals surface area contributed by atoms with Gasteiger partial charge in [0.1, 0.15) is 5.82 Å². The highest BCUT2D eigenvalue weighted by molar-refractivity contribution is 7.16. The average molecular weight is 314 g/mol. The number of hydrazine groups is 1.